The first-order chi connectivity index (χ1) is 6.77. The van der Waals surface area contributed by atoms with Crippen LogP contribution in [0, 0.1) is 0 Å². The molecule has 1 saturated heterocycles. The number of para-hydroxylation sites is 1. The van der Waals surface area contributed by atoms with Crippen molar-refractivity contribution < 1.29 is 5.11 Å². The zero-order valence-electron chi connectivity index (χ0n) is 8.11. The molecule has 1 aromatic rings. The van der Waals surface area contributed by atoms with E-state index in [0.29, 0.717) is 11.7 Å². The number of rotatable bonds is 3. The van der Waals surface area contributed by atoms with Crippen molar-refractivity contribution in [2.24, 2.45) is 0 Å². The van der Waals surface area contributed by atoms with Crippen molar-refractivity contribution in [2.75, 3.05) is 12.3 Å². The van der Waals surface area contributed by atoms with Gasteiger partial charge < -0.3 is 16.2 Å². The highest BCUT2D eigenvalue weighted by atomic mass is 16.3. The molecule has 1 aromatic carbocycles. The van der Waals surface area contributed by atoms with Gasteiger partial charge in [0, 0.05) is 17.3 Å². The molecular weight excluding hydrogens is 176 g/mol. The number of anilines is 1. The Morgan fingerprint density at radius 1 is 1.50 bits per heavy atom. The minimum absolute atomic E-state index is 0.436. The summed E-state index contributed by atoms with van der Waals surface area (Å²) in [4.78, 5) is 0. The van der Waals surface area contributed by atoms with Gasteiger partial charge in [0.2, 0.25) is 0 Å². The van der Waals surface area contributed by atoms with Gasteiger partial charge in [-0.3, -0.25) is 0 Å². The summed E-state index contributed by atoms with van der Waals surface area (Å²) < 4.78 is 0. The van der Waals surface area contributed by atoms with Gasteiger partial charge >= 0.3 is 0 Å². The van der Waals surface area contributed by atoms with Crippen molar-refractivity contribution in [1.82, 2.24) is 5.32 Å². The first-order valence-corrected chi connectivity index (χ1v) is 5.03. The monoisotopic (exact) mass is 192 g/mol. The zero-order chi connectivity index (χ0) is 9.97. The van der Waals surface area contributed by atoms with Gasteiger partial charge in [-0.1, -0.05) is 18.2 Å². The average molecular weight is 192 g/mol. The molecule has 1 heterocycles. The Balaban J connectivity index is 2.02. The van der Waals surface area contributed by atoms with Gasteiger partial charge in [-0.15, -0.1) is 0 Å². The second kappa shape index (κ2) is 3.98. The SMILES string of the molecule is Nc1ccccc1C(O)CC1CCN1. The fourth-order valence-corrected chi connectivity index (χ4v) is 1.76. The Morgan fingerprint density at radius 2 is 2.21 bits per heavy atom. The molecule has 2 atom stereocenters. The first kappa shape index (κ1) is 9.49. The summed E-state index contributed by atoms with van der Waals surface area (Å²) in [5, 5.41) is 13.2. The smallest absolute Gasteiger partial charge is 0.0824 e. The van der Waals surface area contributed by atoms with E-state index >= 15 is 0 Å². The molecule has 76 valence electrons. The molecule has 0 bridgehead atoms. The average Bonchev–Trinajstić information content (AvgIpc) is 2.12. The summed E-state index contributed by atoms with van der Waals surface area (Å²) in [6.07, 6.45) is 1.48. The summed E-state index contributed by atoms with van der Waals surface area (Å²) in [6, 6.07) is 7.96. The van der Waals surface area contributed by atoms with Crippen molar-refractivity contribution in [2.45, 2.75) is 25.0 Å². The Morgan fingerprint density at radius 3 is 2.79 bits per heavy atom. The second-order valence-corrected chi connectivity index (χ2v) is 3.82. The minimum atomic E-state index is -0.436. The van der Waals surface area contributed by atoms with Crippen LogP contribution in [0.2, 0.25) is 0 Å². The maximum Gasteiger partial charge on any atom is 0.0824 e. The standard InChI is InChI=1S/C11H16N2O/c12-10-4-2-1-3-9(10)11(14)7-8-5-6-13-8/h1-4,8,11,13-14H,5-7,12H2. The molecule has 0 radical (unpaired) electrons. The lowest BCUT2D eigenvalue weighted by Gasteiger charge is -2.29. The molecule has 14 heavy (non-hydrogen) atoms. The van der Waals surface area contributed by atoms with Crippen molar-refractivity contribution in [3.63, 3.8) is 0 Å². The van der Waals surface area contributed by atoms with Crippen molar-refractivity contribution in [3.05, 3.63) is 29.8 Å². The molecule has 1 aliphatic rings. The van der Waals surface area contributed by atoms with E-state index in [9.17, 15) is 5.11 Å². The van der Waals surface area contributed by atoms with Crippen LogP contribution < -0.4 is 11.1 Å². The maximum absolute atomic E-state index is 9.92. The Bertz CT molecular complexity index is 310. The molecule has 4 N–H and O–H groups in total. The van der Waals surface area contributed by atoms with E-state index < -0.39 is 6.10 Å². The van der Waals surface area contributed by atoms with Crippen molar-refractivity contribution in [3.8, 4) is 0 Å². The number of aliphatic hydroxyl groups excluding tert-OH is 1. The zero-order valence-corrected chi connectivity index (χ0v) is 8.11. The third kappa shape index (κ3) is 1.89. The van der Waals surface area contributed by atoms with E-state index in [1.54, 1.807) is 0 Å². The Labute approximate surface area is 83.9 Å². The van der Waals surface area contributed by atoms with Crippen LogP contribution in [0.25, 0.3) is 0 Å². The lowest BCUT2D eigenvalue weighted by atomic mass is 9.95. The van der Waals surface area contributed by atoms with Gasteiger partial charge in [-0.05, 0) is 25.5 Å². The topological polar surface area (TPSA) is 58.3 Å². The van der Waals surface area contributed by atoms with Gasteiger partial charge in [0.25, 0.3) is 0 Å². The van der Waals surface area contributed by atoms with Gasteiger partial charge in [-0.2, -0.15) is 0 Å². The third-order valence-electron chi connectivity index (χ3n) is 2.79. The van der Waals surface area contributed by atoms with Crippen LogP contribution in [0.3, 0.4) is 0 Å². The fraction of sp³-hybridized carbons (Fsp3) is 0.455. The highest BCUT2D eigenvalue weighted by Crippen LogP contribution is 2.25. The predicted molar refractivity (Wildman–Crippen MR) is 56.8 cm³/mol. The maximum atomic E-state index is 9.92. The summed E-state index contributed by atoms with van der Waals surface area (Å²) >= 11 is 0. The van der Waals surface area contributed by atoms with Crippen LogP contribution in [0.4, 0.5) is 5.69 Å². The molecule has 0 aliphatic carbocycles. The van der Waals surface area contributed by atoms with E-state index in [1.807, 2.05) is 24.3 Å². The molecule has 2 rings (SSSR count). The highest BCUT2D eigenvalue weighted by molar-refractivity contribution is 5.47. The minimum Gasteiger partial charge on any atom is -0.398 e. The summed E-state index contributed by atoms with van der Waals surface area (Å²) in [7, 11) is 0. The largest absolute Gasteiger partial charge is 0.398 e. The normalized spacial score (nSPS) is 22.8. The van der Waals surface area contributed by atoms with E-state index in [2.05, 4.69) is 5.32 Å². The summed E-state index contributed by atoms with van der Waals surface area (Å²) in [5.74, 6) is 0. The molecule has 2 unspecified atom stereocenters. The predicted octanol–water partition coefficient (Wildman–Crippen LogP) is 1.05. The van der Waals surface area contributed by atoms with E-state index in [-0.39, 0.29) is 0 Å². The molecular formula is C11H16N2O. The van der Waals surface area contributed by atoms with Gasteiger partial charge in [0.05, 0.1) is 6.10 Å². The third-order valence-corrected chi connectivity index (χ3v) is 2.79. The number of hydrogen-bond donors (Lipinski definition) is 3. The number of aliphatic hydroxyl groups is 1. The van der Waals surface area contributed by atoms with Crippen LogP contribution in [0.1, 0.15) is 24.5 Å². The Hall–Kier alpha value is -1.06. The van der Waals surface area contributed by atoms with Crippen molar-refractivity contribution >= 4 is 5.69 Å². The van der Waals surface area contributed by atoms with Crippen LogP contribution in [0.5, 0.6) is 0 Å². The molecule has 1 aliphatic heterocycles. The fourth-order valence-electron chi connectivity index (χ4n) is 1.76. The van der Waals surface area contributed by atoms with Gasteiger partial charge in [0.1, 0.15) is 0 Å². The van der Waals surface area contributed by atoms with Crippen LogP contribution >= 0.6 is 0 Å². The van der Waals surface area contributed by atoms with Crippen LogP contribution in [0.15, 0.2) is 24.3 Å². The lowest BCUT2D eigenvalue weighted by Crippen LogP contribution is -2.43. The van der Waals surface area contributed by atoms with Gasteiger partial charge in [0.15, 0.2) is 0 Å². The summed E-state index contributed by atoms with van der Waals surface area (Å²) in [6.45, 7) is 1.07. The van der Waals surface area contributed by atoms with Crippen LogP contribution in [-0.4, -0.2) is 17.7 Å². The second-order valence-electron chi connectivity index (χ2n) is 3.82. The number of nitrogens with two attached hydrogens (primary N) is 1. The molecule has 0 saturated carbocycles. The number of nitrogens with one attached hydrogen (secondary N) is 1. The molecule has 3 nitrogen and oxygen atoms in total. The highest BCUT2D eigenvalue weighted by Gasteiger charge is 2.21. The quantitative estimate of drug-likeness (QED) is 0.627. The molecule has 0 spiro atoms. The molecule has 1 fully saturated rings. The molecule has 3 heteroatoms. The van der Waals surface area contributed by atoms with E-state index in [1.165, 1.54) is 0 Å². The van der Waals surface area contributed by atoms with Gasteiger partial charge in [-0.25, -0.2) is 0 Å². The number of benzene rings is 1. The lowest BCUT2D eigenvalue weighted by molar-refractivity contribution is 0.137. The molecule has 0 amide bonds. The van der Waals surface area contributed by atoms with Crippen LogP contribution in [-0.2, 0) is 0 Å². The number of nitrogen functional groups attached to an aromatic ring is 1. The van der Waals surface area contributed by atoms with E-state index in [0.717, 1.165) is 24.9 Å². The van der Waals surface area contributed by atoms with E-state index in [4.69, 9.17) is 5.73 Å². The van der Waals surface area contributed by atoms with Crippen molar-refractivity contribution in [1.29, 1.82) is 0 Å². The first-order valence-electron chi connectivity index (χ1n) is 5.03. The number of hydrogen-bond acceptors (Lipinski definition) is 3. The Kier molecular flexibility index (Phi) is 2.70. The summed E-state index contributed by atoms with van der Waals surface area (Å²) in [5.41, 5.74) is 7.30. The molecule has 0 aromatic heterocycles.